The van der Waals surface area contributed by atoms with E-state index in [2.05, 4.69) is 249 Å². The van der Waals surface area contributed by atoms with E-state index < -0.39 is 0 Å². The SMILES string of the molecule is c1ccc(-c2ccc3c(-c4cc(-c5cccc(-c6cccc(-c7nc(-c8ccccc8)nc(-c8ccccc8)n7)c6)c5)cc(-c5cc(-c6ccccc6)cc6cc(-c7ccccc7)ccc56)c4)cc(-c4ccccc4)cc3c2)cc1. The Labute approximate surface area is 466 Å². The quantitative estimate of drug-likeness (QED) is 0.130. The zero-order valence-corrected chi connectivity index (χ0v) is 43.8. The Bertz CT molecular complexity index is 4290. The second kappa shape index (κ2) is 21.1. The number of hydrogen-bond acceptors (Lipinski definition) is 3. The van der Waals surface area contributed by atoms with Crippen LogP contribution in [0.25, 0.3) is 145 Å². The summed E-state index contributed by atoms with van der Waals surface area (Å²) in [5.41, 5.74) is 21.2. The summed E-state index contributed by atoms with van der Waals surface area (Å²) in [6, 6.07) is 111. The van der Waals surface area contributed by atoms with Crippen LogP contribution < -0.4 is 0 Å². The van der Waals surface area contributed by atoms with Crippen molar-refractivity contribution in [1.29, 1.82) is 0 Å². The Balaban J connectivity index is 0.965. The Hall–Kier alpha value is -10.6. The maximum atomic E-state index is 5.09. The van der Waals surface area contributed by atoms with Crippen molar-refractivity contribution in [3.05, 3.63) is 309 Å². The van der Waals surface area contributed by atoms with E-state index in [0.717, 1.165) is 50.1 Å². The van der Waals surface area contributed by atoms with Gasteiger partial charge in [-0.05, 0) is 177 Å². The van der Waals surface area contributed by atoms with Crippen molar-refractivity contribution in [3.8, 4) is 123 Å². The fraction of sp³-hybridized carbons (Fsp3) is 0. The van der Waals surface area contributed by atoms with Gasteiger partial charge in [-0.3, -0.25) is 0 Å². The first-order chi connectivity index (χ1) is 39.6. The second-order valence-corrected chi connectivity index (χ2v) is 20.4. The summed E-state index contributed by atoms with van der Waals surface area (Å²) in [6.07, 6.45) is 0. The molecule has 0 spiro atoms. The third-order valence-electron chi connectivity index (χ3n) is 15.2. The number of aromatic nitrogens is 3. The van der Waals surface area contributed by atoms with Gasteiger partial charge < -0.3 is 0 Å². The third kappa shape index (κ3) is 9.66. The molecule has 374 valence electrons. The fourth-order valence-corrected chi connectivity index (χ4v) is 11.2. The highest BCUT2D eigenvalue weighted by molar-refractivity contribution is 6.06. The summed E-state index contributed by atoms with van der Waals surface area (Å²) in [7, 11) is 0. The first-order valence-corrected chi connectivity index (χ1v) is 27.2. The van der Waals surface area contributed by atoms with Crippen LogP contribution >= 0.6 is 0 Å². The molecule has 0 N–H and O–H groups in total. The number of hydrogen-bond donors (Lipinski definition) is 0. The molecule has 0 unspecified atom stereocenters. The monoisotopic (exact) mass is 1020 g/mol. The molecule has 14 aromatic rings. The van der Waals surface area contributed by atoms with Gasteiger partial charge in [0.05, 0.1) is 0 Å². The fourth-order valence-electron chi connectivity index (χ4n) is 11.2. The molecule has 14 rings (SSSR count). The molecule has 0 fully saturated rings. The van der Waals surface area contributed by atoms with Gasteiger partial charge in [0, 0.05) is 16.7 Å². The standard InChI is InChI=1S/C77H51N3/c1-7-21-52(22-8-1)61-37-39-71-67(43-61)47-65(54-25-11-3-12-26-54)50-73(71)69-45-64(46-70(49-69)74-51-66(55-27-13-4-14-28-55)48-68-44-62(38-40-72(68)74)53-23-9-2-10-24-53)60-35-19-33-58(41-60)59-34-20-36-63(42-59)77-79-75(56-29-15-5-16-30-56)78-76(80-77)57-31-17-6-18-32-57/h1-51H. The molecule has 0 saturated heterocycles. The Morgan fingerprint density at radius 2 is 0.400 bits per heavy atom. The minimum absolute atomic E-state index is 0.620. The van der Waals surface area contributed by atoms with E-state index in [0.29, 0.717) is 17.5 Å². The van der Waals surface area contributed by atoms with Gasteiger partial charge in [-0.25, -0.2) is 15.0 Å². The summed E-state index contributed by atoms with van der Waals surface area (Å²) >= 11 is 0. The molecule has 13 aromatic carbocycles. The molecule has 0 aliphatic heterocycles. The number of rotatable bonds is 11. The van der Waals surface area contributed by atoms with Gasteiger partial charge in [-0.1, -0.05) is 243 Å². The highest BCUT2D eigenvalue weighted by Crippen LogP contribution is 2.43. The molecule has 0 bridgehead atoms. The van der Waals surface area contributed by atoms with E-state index in [4.69, 9.17) is 15.0 Å². The van der Waals surface area contributed by atoms with Crippen molar-refractivity contribution < 1.29 is 0 Å². The Kier molecular flexibility index (Phi) is 12.6. The topological polar surface area (TPSA) is 38.7 Å². The summed E-state index contributed by atoms with van der Waals surface area (Å²) in [5.74, 6) is 1.89. The normalized spacial score (nSPS) is 11.2. The van der Waals surface area contributed by atoms with Crippen LogP contribution in [0.4, 0.5) is 0 Å². The maximum Gasteiger partial charge on any atom is 0.164 e. The summed E-state index contributed by atoms with van der Waals surface area (Å²) < 4.78 is 0. The molecular weight excluding hydrogens is 967 g/mol. The first-order valence-electron chi connectivity index (χ1n) is 27.2. The average molecular weight is 1020 g/mol. The lowest BCUT2D eigenvalue weighted by Gasteiger charge is -2.18. The van der Waals surface area contributed by atoms with Crippen LogP contribution in [0.2, 0.25) is 0 Å². The van der Waals surface area contributed by atoms with E-state index in [1.165, 1.54) is 77.2 Å². The molecule has 1 heterocycles. The average Bonchev–Trinajstić information content (AvgIpc) is 3.68. The van der Waals surface area contributed by atoms with E-state index in [-0.39, 0.29) is 0 Å². The van der Waals surface area contributed by atoms with Gasteiger partial charge in [0.1, 0.15) is 0 Å². The predicted octanol–water partition coefficient (Wildman–Crippen LogP) is 20.5. The van der Waals surface area contributed by atoms with Crippen LogP contribution in [0.15, 0.2) is 309 Å². The maximum absolute atomic E-state index is 5.09. The highest BCUT2D eigenvalue weighted by atomic mass is 15.0. The summed E-state index contributed by atoms with van der Waals surface area (Å²) in [4.78, 5) is 15.1. The third-order valence-corrected chi connectivity index (χ3v) is 15.2. The molecule has 0 atom stereocenters. The smallest absolute Gasteiger partial charge is 0.164 e. The van der Waals surface area contributed by atoms with Crippen molar-refractivity contribution in [2.45, 2.75) is 0 Å². The number of fused-ring (bicyclic) bond motifs is 2. The van der Waals surface area contributed by atoms with E-state index in [1.54, 1.807) is 0 Å². The molecule has 3 heteroatoms. The largest absolute Gasteiger partial charge is 0.208 e. The van der Waals surface area contributed by atoms with Gasteiger partial charge >= 0.3 is 0 Å². The van der Waals surface area contributed by atoms with Gasteiger partial charge in [0.25, 0.3) is 0 Å². The lowest BCUT2D eigenvalue weighted by Crippen LogP contribution is -2.00. The Morgan fingerprint density at radius 3 is 0.800 bits per heavy atom. The molecule has 0 saturated carbocycles. The van der Waals surface area contributed by atoms with Gasteiger partial charge in [-0.2, -0.15) is 0 Å². The van der Waals surface area contributed by atoms with Gasteiger partial charge in [0.2, 0.25) is 0 Å². The predicted molar refractivity (Wildman–Crippen MR) is 335 cm³/mol. The van der Waals surface area contributed by atoms with E-state index in [1.807, 2.05) is 60.7 Å². The van der Waals surface area contributed by atoms with E-state index >= 15 is 0 Å². The molecule has 0 aliphatic rings. The molecule has 3 nitrogen and oxygen atoms in total. The lowest BCUT2D eigenvalue weighted by atomic mass is 9.86. The highest BCUT2D eigenvalue weighted by Gasteiger charge is 2.18. The van der Waals surface area contributed by atoms with Crippen LogP contribution in [0.3, 0.4) is 0 Å². The van der Waals surface area contributed by atoms with Crippen molar-refractivity contribution >= 4 is 21.5 Å². The first kappa shape index (κ1) is 47.8. The Morgan fingerprint density at radius 1 is 0.150 bits per heavy atom. The number of nitrogens with zero attached hydrogens (tertiary/aromatic N) is 3. The van der Waals surface area contributed by atoms with E-state index in [9.17, 15) is 0 Å². The molecule has 0 aliphatic carbocycles. The van der Waals surface area contributed by atoms with Crippen molar-refractivity contribution in [3.63, 3.8) is 0 Å². The minimum atomic E-state index is 0.620. The molecule has 1 aromatic heterocycles. The van der Waals surface area contributed by atoms with Crippen LogP contribution in [-0.2, 0) is 0 Å². The zero-order chi connectivity index (χ0) is 53.2. The minimum Gasteiger partial charge on any atom is -0.208 e. The van der Waals surface area contributed by atoms with Gasteiger partial charge in [0.15, 0.2) is 17.5 Å². The van der Waals surface area contributed by atoms with Crippen LogP contribution in [0.1, 0.15) is 0 Å². The molecule has 0 radical (unpaired) electrons. The van der Waals surface area contributed by atoms with Crippen molar-refractivity contribution in [2.75, 3.05) is 0 Å². The van der Waals surface area contributed by atoms with Crippen LogP contribution in [0.5, 0.6) is 0 Å². The lowest BCUT2D eigenvalue weighted by molar-refractivity contribution is 1.07. The van der Waals surface area contributed by atoms with Crippen LogP contribution in [0, 0.1) is 0 Å². The summed E-state index contributed by atoms with van der Waals surface area (Å²) in [5, 5.41) is 4.76. The van der Waals surface area contributed by atoms with Crippen molar-refractivity contribution in [1.82, 2.24) is 15.0 Å². The molecule has 0 amide bonds. The second-order valence-electron chi connectivity index (χ2n) is 20.4. The van der Waals surface area contributed by atoms with Gasteiger partial charge in [-0.15, -0.1) is 0 Å². The van der Waals surface area contributed by atoms with Crippen molar-refractivity contribution in [2.24, 2.45) is 0 Å². The summed E-state index contributed by atoms with van der Waals surface area (Å²) in [6.45, 7) is 0. The number of benzene rings is 13. The molecular formula is C77H51N3. The molecule has 80 heavy (non-hydrogen) atoms. The zero-order valence-electron chi connectivity index (χ0n) is 43.8. The van der Waals surface area contributed by atoms with Crippen LogP contribution in [-0.4, -0.2) is 15.0 Å².